The van der Waals surface area contributed by atoms with Crippen LogP contribution in [0.3, 0.4) is 0 Å². The molecule has 0 fully saturated rings. The summed E-state index contributed by atoms with van der Waals surface area (Å²) < 4.78 is 17.4. The summed E-state index contributed by atoms with van der Waals surface area (Å²) in [6, 6.07) is 21.0. The molecule has 0 saturated carbocycles. The van der Waals surface area contributed by atoms with Crippen LogP contribution in [0.15, 0.2) is 83.2 Å². The van der Waals surface area contributed by atoms with E-state index >= 15 is 0 Å². The van der Waals surface area contributed by atoms with Crippen LogP contribution in [-0.2, 0) is 25.6 Å². The quantitative estimate of drug-likeness (QED) is 0.108. The van der Waals surface area contributed by atoms with Gasteiger partial charge in [-0.05, 0) is 42.0 Å². The van der Waals surface area contributed by atoms with Crippen molar-refractivity contribution >= 4 is 45.4 Å². The predicted molar refractivity (Wildman–Crippen MR) is 140 cm³/mol. The number of ketones is 1. The molecule has 4 aromatic rings. The van der Waals surface area contributed by atoms with Gasteiger partial charge in [-0.15, -0.1) is 0 Å². The number of ether oxygens (including phenoxy) is 3. The van der Waals surface area contributed by atoms with Gasteiger partial charge in [0.25, 0.3) is 0 Å². The lowest BCUT2D eigenvalue weighted by Gasteiger charge is -2.08. The minimum Gasteiger partial charge on any atom is -0.492 e. The smallest absolute Gasteiger partial charge is 0.345 e. The maximum atomic E-state index is 12.7. The Hall–Kier alpha value is -4.50. The number of carbonyl (C=O) groups excluding carboxylic acids is 3. The van der Waals surface area contributed by atoms with E-state index < -0.39 is 11.9 Å². The van der Waals surface area contributed by atoms with E-state index in [1.54, 1.807) is 59.2 Å². The second kappa shape index (κ2) is 11.5. The van der Waals surface area contributed by atoms with Gasteiger partial charge in [-0.3, -0.25) is 14.2 Å². The van der Waals surface area contributed by atoms with Crippen LogP contribution in [0.1, 0.15) is 21.5 Å². The number of rotatable bonds is 9. The van der Waals surface area contributed by atoms with Crippen LogP contribution in [0, 0.1) is 0 Å². The van der Waals surface area contributed by atoms with Gasteiger partial charge < -0.3 is 14.2 Å². The number of nitrogens with zero attached hydrogens (tertiary/aromatic N) is 1. The third-order valence-electron chi connectivity index (χ3n) is 5.55. The fourth-order valence-electron chi connectivity index (χ4n) is 3.68. The molecular weight excluding hydrogens is 494 g/mol. The highest BCUT2D eigenvalue weighted by atomic mass is 32.1. The third kappa shape index (κ3) is 5.84. The first-order chi connectivity index (χ1) is 17.9. The maximum Gasteiger partial charge on any atom is 0.345 e. The molecule has 0 aliphatic rings. The van der Waals surface area contributed by atoms with Crippen molar-refractivity contribution in [1.29, 1.82) is 0 Å². The number of methoxy groups -OCH3 is 2. The highest BCUT2D eigenvalue weighted by Gasteiger charge is 2.19. The number of benzene rings is 3. The molecule has 3 aromatic carbocycles. The normalized spacial score (nSPS) is 10.5. The lowest BCUT2D eigenvalue weighted by atomic mass is 10.0. The standard InChI is InChI=1S/C28H23NO7S/c1-34-26(31)22(27(32)35-2)16-18-8-11-21(12-9-18)36-15-14-29-23-13-10-20(17-24(23)37-28(29)33)25(30)19-6-4-3-5-7-19/h3-13,16-17H,14-15H2,1-2H3. The first kappa shape index (κ1) is 25.6. The van der Waals surface area contributed by atoms with Crippen molar-refractivity contribution in [3.63, 3.8) is 0 Å². The van der Waals surface area contributed by atoms with E-state index in [1.165, 1.54) is 20.3 Å². The topological polar surface area (TPSA) is 101 Å². The fraction of sp³-hybridized carbons (Fsp3) is 0.143. The van der Waals surface area contributed by atoms with Crippen molar-refractivity contribution in [1.82, 2.24) is 4.57 Å². The van der Waals surface area contributed by atoms with Gasteiger partial charge in [0.1, 0.15) is 17.9 Å². The average molecular weight is 518 g/mol. The highest BCUT2D eigenvalue weighted by molar-refractivity contribution is 7.16. The summed E-state index contributed by atoms with van der Waals surface area (Å²) in [5.74, 6) is -1.13. The van der Waals surface area contributed by atoms with E-state index in [9.17, 15) is 19.2 Å². The Morgan fingerprint density at radius 2 is 1.54 bits per heavy atom. The molecule has 0 bridgehead atoms. The molecule has 0 radical (unpaired) electrons. The van der Waals surface area contributed by atoms with E-state index in [2.05, 4.69) is 9.47 Å². The molecule has 9 heteroatoms. The molecule has 1 heterocycles. The average Bonchev–Trinajstić information content (AvgIpc) is 3.25. The van der Waals surface area contributed by atoms with Gasteiger partial charge in [-0.2, -0.15) is 0 Å². The van der Waals surface area contributed by atoms with Crippen LogP contribution in [0.5, 0.6) is 5.75 Å². The van der Waals surface area contributed by atoms with Crippen molar-refractivity contribution in [2.75, 3.05) is 20.8 Å². The Bertz CT molecular complexity index is 1510. The maximum absolute atomic E-state index is 12.7. The number of fused-ring (bicyclic) bond motifs is 1. The molecule has 0 atom stereocenters. The summed E-state index contributed by atoms with van der Waals surface area (Å²) in [4.78, 5) is 48.8. The minimum absolute atomic E-state index is 0.0955. The van der Waals surface area contributed by atoms with Gasteiger partial charge in [0, 0.05) is 11.1 Å². The molecule has 1 aromatic heterocycles. The summed E-state index contributed by atoms with van der Waals surface area (Å²) in [6.45, 7) is 0.558. The lowest BCUT2D eigenvalue weighted by molar-refractivity contribution is -0.143. The van der Waals surface area contributed by atoms with Crippen LogP contribution in [-0.4, -0.2) is 43.1 Å². The first-order valence-corrected chi connectivity index (χ1v) is 12.1. The van der Waals surface area contributed by atoms with Gasteiger partial charge in [-0.1, -0.05) is 53.8 Å². The number of hydrogen-bond donors (Lipinski definition) is 0. The van der Waals surface area contributed by atoms with Gasteiger partial charge in [0.05, 0.1) is 31.0 Å². The molecule has 0 aliphatic heterocycles. The number of carbonyl (C=O) groups is 3. The van der Waals surface area contributed by atoms with E-state index in [1.807, 2.05) is 18.2 Å². The molecular formula is C28H23NO7S. The molecule has 188 valence electrons. The van der Waals surface area contributed by atoms with Crippen molar-refractivity contribution in [2.45, 2.75) is 6.54 Å². The number of hydrogen-bond acceptors (Lipinski definition) is 8. The first-order valence-electron chi connectivity index (χ1n) is 11.3. The van der Waals surface area contributed by atoms with Crippen LogP contribution < -0.4 is 9.61 Å². The Kier molecular flexibility index (Phi) is 7.95. The van der Waals surface area contributed by atoms with Crippen LogP contribution >= 0.6 is 11.3 Å². The zero-order valence-electron chi connectivity index (χ0n) is 20.1. The van der Waals surface area contributed by atoms with Crippen molar-refractivity contribution < 1.29 is 28.6 Å². The van der Waals surface area contributed by atoms with Crippen LogP contribution in [0.4, 0.5) is 0 Å². The summed E-state index contributed by atoms with van der Waals surface area (Å²) in [7, 11) is 2.36. The Morgan fingerprint density at radius 3 is 2.19 bits per heavy atom. The zero-order chi connectivity index (χ0) is 26.4. The minimum atomic E-state index is -0.794. The molecule has 37 heavy (non-hydrogen) atoms. The van der Waals surface area contributed by atoms with Crippen LogP contribution in [0.25, 0.3) is 16.3 Å². The molecule has 0 saturated heterocycles. The predicted octanol–water partition coefficient (Wildman–Crippen LogP) is 4.10. The Morgan fingerprint density at radius 1 is 0.865 bits per heavy atom. The van der Waals surface area contributed by atoms with Crippen molar-refractivity contribution in [2.24, 2.45) is 0 Å². The Labute approximate surface area is 216 Å². The summed E-state index contributed by atoms with van der Waals surface area (Å²) in [6.07, 6.45) is 1.37. The fourth-order valence-corrected chi connectivity index (χ4v) is 4.64. The largest absolute Gasteiger partial charge is 0.492 e. The third-order valence-corrected chi connectivity index (χ3v) is 6.49. The molecule has 8 nitrogen and oxygen atoms in total. The molecule has 0 unspecified atom stereocenters. The number of thiazole rings is 1. The summed E-state index contributed by atoms with van der Waals surface area (Å²) in [5, 5.41) is 0. The lowest BCUT2D eigenvalue weighted by Crippen LogP contribution is -2.17. The molecule has 0 spiro atoms. The highest BCUT2D eigenvalue weighted by Crippen LogP contribution is 2.22. The van der Waals surface area contributed by atoms with E-state index in [0.717, 1.165) is 21.6 Å². The number of aromatic nitrogens is 1. The van der Waals surface area contributed by atoms with Gasteiger partial charge in [-0.25, -0.2) is 9.59 Å². The van der Waals surface area contributed by atoms with Crippen molar-refractivity contribution in [3.05, 3.63) is 105 Å². The molecule has 4 rings (SSSR count). The zero-order valence-corrected chi connectivity index (χ0v) is 20.9. The van der Waals surface area contributed by atoms with Crippen molar-refractivity contribution in [3.8, 4) is 5.75 Å². The van der Waals surface area contributed by atoms with E-state index in [0.29, 0.717) is 29.0 Å². The van der Waals surface area contributed by atoms with E-state index in [-0.39, 0.29) is 22.8 Å². The number of esters is 2. The van der Waals surface area contributed by atoms with Gasteiger partial charge in [0.15, 0.2) is 5.78 Å². The monoisotopic (exact) mass is 517 g/mol. The second-order valence-corrected chi connectivity index (χ2v) is 8.85. The van der Waals surface area contributed by atoms with Gasteiger partial charge in [0.2, 0.25) is 0 Å². The molecule has 0 N–H and O–H groups in total. The van der Waals surface area contributed by atoms with Gasteiger partial charge >= 0.3 is 16.8 Å². The van der Waals surface area contributed by atoms with E-state index in [4.69, 9.17) is 4.74 Å². The summed E-state index contributed by atoms with van der Waals surface area (Å²) in [5.41, 5.74) is 2.22. The second-order valence-electron chi connectivity index (χ2n) is 7.86. The molecule has 0 aliphatic carbocycles. The molecule has 0 amide bonds. The Balaban J connectivity index is 1.43. The van der Waals surface area contributed by atoms with Crippen LogP contribution in [0.2, 0.25) is 0 Å². The SMILES string of the molecule is COC(=O)C(=Cc1ccc(OCCn2c(=O)sc3cc(C(=O)c4ccccc4)ccc32)cc1)C(=O)OC. The summed E-state index contributed by atoms with van der Waals surface area (Å²) >= 11 is 1.09.